The number of Topliss-reactive ketones (excluding diaryl/α,β-unsaturated/α-hetero) is 1. The number of aliphatic hydroxyl groups is 1. The minimum absolute atomic E-state index is 0.0101. The maximum Gasteiger partial charge on any atom is 0.231 e. The van der Waals surface area contributed by atoms with E-state index >= 15 is 0 Å². The molecule has 3 heterocycles. The molecule has 2 aromatic heterocycles. The van der Waals surface area contributed by atoms with Crippen LogP contribution in [0.2, 0.25) is 0 Å². The van der Waals surface area contributed by atoms with Crippen LogP contribution in [0.15, 0.2) is 66.7 Å². The molecule has 44 heavy (non-hydrogen) atoms. The Labute approximate surface area is 255 Å². The van der Waals surface area contributed by atoms with Gasteiger partial charge in [-0.2, -0.15) is 0 Å². The third-order valence-corrected chi connectivity index (χ3v) is 8.41. The highest BCUT2D eigenvalue weighted by Crippen LogP contribution is 2.46. The zero-order valence-electron chi connectivity index (χ0n) is 24.9. The number of aromatic nitrogens is 2. The Morgan fingerprint density at radius 3 is 2.55 bits per heavy atom. The number of ether oxygens (including phenoxy) is 2. The van der Waals surface area contributed by atoms with E-state index in [9.17, 15) is 19.1 Å². The number of nitrogens with zero attached hydrogens (tertiary/aromatic N) is 2. The van der Waals surface area contributed by atoms with Crippen molar-refractivity contribution in [3.63, 3.8) is 0 Å². The van der Waals surface area contributed by atoms with Gasteiger partial charge in [0.25, 0.3) is 0 Å². The number of hydrogen-bond acceptors (Lipinski definition) is 7. The molecule has 2 atom stereocenters. The Bertz CT molecular complexity index is 1770. The van der Waals surface area contributed by atoms with Crippen molar-refractivity contribution in [2.24, 2.45) is 5.73 Å². The van der Waals surface area contributed by atoms with Crippen molar-refractivity contribution in [1.82, 2.24) is 9.97 Å². The topological polar surface area (TPSA) is 125 Å². The highest BCUT2D eigenvalue weighted by molar-refractivity contribution is 5.97. The fourth-order valence-corrected chi connectivity index (χ4v) is 5.36. The van der Waals surface area contributed by atoms with Crippen molar-refractivity contribution in [3.05, 3.63) is 95.1 Å². The van der Waals surface area contributed by atoms with E-state index < -0.39 is 22.7 Å². The minimum atomic E-state index is -1.56. The SMILES string of the molecule is Cc1cccc(-c2cc(C(=O)CC[C@](C)(O)c3cc4c(c(-c5ccc(F)cc5)n3)OC[C@]4(C)C(N)=O)ccc2OC2CC2)n1. The Morgan fingerprint density at radius 1 is 1.11 bits per heavy atom. The standard InChI is InChI=1S/C35H34FN3O5/c1-20-5-4-6-27(38-20)25-17-22(9-14-29(25)44-24-12-13-24)28(40)15-16-35(3,42)30-18-26-32(43-19-34(26,2)33(37)41)31(39-30)21-7-10-23(36)11-8-21/h4-11,14,17-18,24,42H,12-13,15-16,19H2,1-3H3,(H2,37,41)/t34-,35-/m0/s1. The number of halogens is 1. The van der Waals surface area contributed by atoms with Gasteiger partial charge in [0.2, 0.25) is 5.91 Å². The molecule has 2 aliphatic rings. The maximum absolute atomic E-state index is 13.7. The molecule has 1 aliphatic heterocycles. The Kier molecular flexibility index (Phi) is 7.45. The average Bonchev–Trinajstić information content (AvgIpc) is 3.76. The van der Waals surface area contributed by atoms with Crippen molar-refractivity contribution in [2.75, 3.05) is 6.61 Å². The van der Waals surface area contributed by atoms with E-state index in [0.29, 0.717) is 33.9 Å². The van der Waals surface area contributed by atoms with Gasteiger partial charge in [0, 0.05) is 34.4 Å². The van der Waals surface area contributed by atoms with Crippen molar-refractivity contribution >= 4 is 11.7 Å². The molecule has 2 aromatic carbocycles. The molecule has 0 bridgehead atoms. The highest BCUT2D eigenvalue weighted by Gasteiger charge is 2.45. The molecule has 1 saturated carbocycles. The molecule has 0 radical (unpaired) electrons. The van der Waals surface area contributed by atoms with Crippen LogP contribution in [0.1, 0.15) is 66.8 Å². The third kappa shape index (κ3) is 5.67. The van der Waals surface area contributed by atoms with Crippen LogP contribution in [0.4, 0.5) is 4.39 Å². The van der Waals surface area contributed by atoms with Gasteiger partial charge in [0.15, 0.2) is 5.78 Å². The zero-order valence-corrected chi connectivity index (χ0v) is 24.9. The summed E-state index contributed by atoms with van der Waals surface area (Å²) in [5, 5.41) is 11.7. The van der Waals surface area contributed by atoms with Crippen LogP contribution >= 0.6 is 0 Å². The van der Waals surface area contributed by atoms with Gasteiger partial charge >= 0.3 is 0 Å². The lowest BCUT2D eigenvalue weighted by atomic mass is 9.81. The number of aryl methyl sites for hydroxylation is 1. The van der Waals surface area contributed by atoms with E-state index in [1.54, 1.807) is 44.2 Å². The molecule has 0 unspecified atom stereocenters. The number of nitrogens with two attached hydrogens (primary N) is 1. The fourth-order valence-electron chi connectivity index (χ4n) is 5.36. The first kappa shape index (κ1) is 29.4. The summed E-state index contributed by atoms with van der Waals surface area (Å²) in [4.78, 5) is 35.4. The van der Waals surface area contributed by atoms with E-state index in [1.807, 2.05) is 31.2 Å². The van der Waals surface area contributed by atoms with Gasteiger partial charge in [-0.3, -0.25) is 14.6 Å². The number of primary amides is 1. The normalized spacial score (nSPS) is 18.7. The fraction of sp³-hybridized carbons (Fsp3) is 0.314. The van der Waals surface area contributed by atoms with Crippen LogP contribution < -0.4 is 15.2 Å². The first-order valence-electron chi connectivity index (χ1n) is 14.7. The summed E-state index contributed by atoms with van der Waals surface area (Å²) in [6, 6.07) is 18.4. The van der Waals surface area contributed by atoms with Crippen molar-refractivity contribution in [3.8, 4) is 34.0 Å². The number of pyridine rings is 2. The van der Waals surface area contributed by atoms with Gasteiger partial charge in [-0.25, -0.2) is 9.37 Å². The van der Waals surface area contributed by atoms with Gasteiger partial charge in [-0.15, -0.1) is 0 Å². The highest BCUT2D eigenvalue weighted by atomic mass is 19.1. The van der Waals surface area contributed by atoms with Crippen molar-refractivity contribution < 1.29 is 28.6 Å². The predicted octanol–water partition coefficient (Wildman–Crippen LogP) is 5.81. The molecule has 4 aromatic rings. The summed E-state index contributed by atoms with van der Waals surface area (Å²) in [6.45, 7) is 5.18. The van der Waals surface area contributed by atoms with E-state index in [2.05, 4.69) is 4.98 Å². The van der Waals surface area contributed by atoms with E-state index in [-0.39, 0.29) is 37.0 Å². The molecular formula is C35H34FN3O5. The van der Waals surface area contributed by atoms with Gasteiger partial charge in [-0.1, -0.05) is 6.07 Å². The maximum atomic E-state index is 13.7. The summed E-state index contributed by atoms with van der Waals surface area (Å²) in [5.41, 5.74) is 7.50. The quantitative estimate of drug-likeness (QED) is 0.222. The van der Waals surface area contributed by atoms with Crippen LogP contribution in [0.25, 0.3) is 22.5 Å². The number of amides is 1. The lowest BCUT2D eigenvalue weighted by Crippen LogP contribution is -2.40. The van der Waals surface area contributed by atoms with E-state index in [1.165, 1.54) is 12.1 Å². The lowest BCUT2D eigenvalue weighted by Gasteiger charge is -2.26. The summed E-state index contributed by atoms with van der Waals surface area (Å²) >= 11 is 0. The number of ketones is 1. The molecule has 0 saturated heterocycles. The third-order valence-electron chi connectivity index (χ3n) is 8.41. The van der Waals surface area contributed by atoms with Crippen LogP contribution in [0.5, 0.6) is 11.5 Å². The van der Waals surface area contributed by atoms with Crippen molar-refractivity contribution in [1.29, 1.82) is 0 Å². The Hall–Kier alpha value is -4.63. The van der Waals surface area contributed by atoms with Crippen LogP contribution in [0, 0.1) is 12.7 Å². The molecule has 0 spiro atoms. The molecule has 6 rings (SSSR count). The number of carbonyl (C=O) groups excluding carboxylic acids is 2. The summed E-state index contributed by atoms with van der Waals surface area (Å²) in [7, 11) is 0. The number of carbonyl (C=O) groups is 2. The summed E-state index contributed by atoms with van der Waals surface area (Å²) in [6.07, 6.45) is 2.25. The summed E-state index contributed by atoms with van der Waals surface area (Å²) in [5.74, 6) is -0.115. The van der Waals surface area contributed by atoms with Gasteiger partial charge in [-0.05, 0) is 101 Å². The number of fused-ring (bicyclic) bond motifs is 1. The van der Waals surface area contributed by atoms with E-state index in [0.717, 1.165) is 29.8 Å². The second kappa shape index (κ2) is 11.1. The Balaban J connectivity index is 1.30. The van der Waals surface area contributed by atoms with Gasteiger partial charge < -0.3 is 20.3 Å². The van der Waals surface area contributed by atoms with Crippen LogP contribution in [-0.2, 0) is 15.8 Å². The molecule has 8 nitrogen and oxygen atoms in total. The first-order chi connectivity index (χ1) is 20.9. The smallest absolute Gasteiger partial charge is 0.231 e. The second-order valence-corrected chi connectivity index (χ2v) is 12.1. The number of rotatable bonds is 10. The predicted molar refractivity (Wildman–Crippen MR) is 163 cm³/mol. The first-order valence-corrected chi connectivity index (χ1v) is 14.7. The molecule has 226 valence electrons. The average molecular weight is 596 g/mol. The van der Waals surface area contributed by atoms with Crippen molar-refractivity contribution in [2.45, 2.75) is 63.6 Å². The minimum Gasteiger partial charge on any atom is -0.490 e. The van der Waals surface area contributed by atoms with Crippen LogP contribution in [0.3, 0.4) is 0 Å². The number of benzene rings is 2. The Morgan fingerprint density at radius 2 is 1.86 bits per heavy atom. The largest absolute Gasteiger partial charge is 0.490 e. The van der Waals surface area contributed by atoms with Crippen LogP contribution in [-0.4, -0.2) is 39.5 Å². The zero-order chi connectivity index (χ0) is 31.2. The van der Waals surface area contributed by atoms with E-state index in [4.69, 9.17) is 20.2 Å². The molecule has 9 heteroatoms. The molecular weight excluding hydrogens is 561 g/mol. The molecule has 3 N–H and O–H groups in total. The van der Waals surface area contributed by atoms with Gasteiger partial charge in [0.1, 0.15) is 40.6 Å². The summed E-state index contributed by atoms with van der Waals surface area (Å²) < 4.78 is 25.7. The molecule has 1 amide bonds. The molecule has 1 aliphatic carbocycles. The van der Waals surface area contributed by atoms with Gasteiger partial charge in [0.05, 0.1) is 17.5 Å². The lowest BCUT2D eigenvalue weighted by molar-refractivity contribution is -0.123. The monoisotopic (exact) mass is 595 g/mol. The second-order valence-electron chi connectivity index (χ2n) is 12.1. The molecule has 1 fully saturated rings. The number of hydrogen-bond donors (Lipinski definition) is 2.